The molecule has 0 saturated heterocycles. The smallest absolute Gasteiger partial charge is 0.165 e. The van der Waals surface area contributed by atoms with Gasteiger partial charge in [0.15, 0.2) is 11.6 Å². The Kier molecular flexibility index (Phi) is 3.88. The van der Waals surface area contributed by atoms with Crippen LogP contribution in [0, 0.1) is 6.92 Å². The Morgan fingerprint density at radius 1 is 0.909 bits per heavy atom. The zero-order valence-corrected chi connectivity index (χ0v) is 12.4. The first-order valence-corrected chi connectivity index (χ1v) is 7.34. The highest BCUT2D eigenvalue weighted by molar-refractivity contribution is 6.09. The van der Waals surface area contributed by atoms with E-state index in [1.807, 2.05) is 55.5 Å². The van der Waals surface area contributed by atoms with Crippen molar-refractivity contribution in [2.45, 2.75) is 19.8 Å². The van der Waals surface area contributed by atoms with Crippen LogP contribution in [0.3, 0.4) is 0 Å². The van der Waals surface area contributed by atoms with E-state index in [2.05, 4.69) is 4.98 Å². The predicted molar refractivity (Wildman–Crippen MR) is 87.4 cm³/mol. The molecular formula is C19H17NO2. The molecule has 0 radical (unpaired) electrons. The van der Waals surface area contributed by atoms with Crippen LogP contribution in [0.25, 0.3) is 10.9 Å². The third kappa shape index (κ3) is 2.84. The molecule has 0 unspecified atom stereocenters. The molecular weight excluding hydrogens is 274 g/mol. The Balaban J connectivity index is 1.70. The fourth-order valence-electron chi connectivity index (χ4n) is 2.55. The number of aromatic nitrogens is 1. The molecule has 3 nitrogen and oxygen atoms in total. The van der Waals surface area contributed by atoms with Crippen LogP contribution in [0.5, 0.6) is 0 Å². The van der Waals surface area contributed by atoms with Crippen molar-refractivity contribution >= 4 is 22.5 Å². The van der Waals surface area contributed by atoms with Gasteiger partial charge in [-0.3, -0.25) is 9.59 Å². The zero-order valence-electron chi connectivity index (χ0n) is 12.4. The molecule has 0 aliphatic heterocycles. The molecule has 22 heavy (non-hydrogen) atoms. The number of fused-ring (bicyclic) bond motifs is 1. The summed E-state index contributed by atoms with van der Waals surface area (Å²) in [6.45, 7) is 1.98. The summed E-state index contributed by atoms with van der Waals surface area (Å²) in [5, 5.41) is 0.912. The minimum atomic E-state index is -0.00193. The lowest BCUT2D eigenvalue weighted by atomic mass is 10.0. The molecule has 0 fully saturated rings. The molecule has 0 aliphatic carbocycles. The van der Waals surface area contributed by atoms with Crippen molar-refractivity contribution in [1.82, 2.24) is 4.98 Å². The lowest BCUT2D eigenvalue weighted by Gasteiger charge is -2.02. The van der Waals surface area contributed by atoms with Crippen LogP contribution in [0.4, 0.5) is 0 Å². The molecule has 0 bridgehead atoms. The zero-order chi connectivity index (χ0) is 15.5. The first kappa shape index (κ1) is 14.3. The van der Waals surface area contributed by atoms with Crippen LogP contribution in [0.1, 0.15) is 39.1 Å². The van der Waals surface area contributed by atoms with E-state index in [0.29, 0.717) is 11.1 Å². The highest BCUT2D eigenvalue weighted by Gasteiger charge is 2.14. The van der Waals surface area contributed by atoms with Gasteiger partial charge in [0.25, 0.3) is 0 Å². The number of aromatic amines is 1. The second kappa shape index (κ2) is 5.98. The van der Waals surface area contributed by atoms with E-state index in [4.69, 9.17) is 0 Å². The van der Waals surface area contributed by atoms with Crippen molar-refractivity contribution in [2.24, 2.45) is 0 Å². The van der Waals surface area contributed by atoms with Gasteiger partial charge in [-0.05, 0) is 13.0 Å². The third-order valence-electron chi connectivity index (χ3n) is 3.84. The highest BCUT2D eigenvalue weighted by atomic mass is 16.1. The summed E-state index contributed by atoms with van der Waals surface area (Å²) in [6, 6.07) is 15.1. The van der Waals surface area contributed by atoms with Crippen LogP contribution in [0.2, 0.25) is 0 Å². The Morgan fingerprint density at radius 3 is 2.36 bits per heavy atom. The molecule has 0 spiro atoms. The van der Waals surface area contributed by atoms with Crippen molar-refractivity contribution in [3.8, 4) is 0 Å². The van der Waals surface area contributed by atoms with Gasteiger partial charge in [0, 0.05) is 41.1 Å². The molecule has 0 saturated carbocycles. The monoisotopic (exact) mass is 291 g/mol. The van der Waals surface area contributed by atoms with E-state index >= 15 is 0 Å². The maximum atomic E-state index is 12.3. The number of aryl methyl sites for hydroxylation is 1. The van der Waals surface area contributed by atoms with Gasteiger partial charge < -0.3 is 4.98 Å². The Hall–Kier alpha value is -2.68. The topological polar surface area (TPSA) is 49.9 Å². The molecule has 0 aliphatic rings. The molecule has 3 rings (SSSR count). The number of hydrogen-bond acceptors (Lipinski definition) is 2. The molecule has 3 aromatic rings. The van der Waals surface area contributed by atoms with Crippen molar-refractivity contribution in [3.05, 3.63) is 71.4 Å². The molecule has 1 N–H and O–H groups in total. The summed E-state index contributed by atoms with van der Waals surface area (Å²) in [7, 11) is 0. The van der Waals surface area contributed by atoms with E-state index in [-0.39, 0.29) is 24.4 Å². The van der Waals surface area contributed by atoms with Gasteiger partial charge in [-0.25, -0.2) is 0 Å². The molecule has 0 amide bonds. The van der Waals surface area contributed by atoms with Gasteiger partial charge in [0.1, 0.15) is 0 Å². The highest BCUT2D eigenvalue weighted by Crippen LogP contribution is 2.20. The summed E-state index contributed by atoms with van der Waals surface area (Å²) in [4.78, 5) is 27.6. The number of nitrogens with one attached hydrogen (secondary N) is 1. The van der Waals surface area contributed by atoms with Crippen molar-refractivity contribution in [3.63, 3.8) is 0 Å². The van der Waals surface area contributed by atoms with Gasteiger partial charge >= 0.3 is 0 Å². The summed E-state index contributed by atoms with van der Waals surface area (Å²) in [6.07, 6.45) is 2.19. The fraction of sp³-hybridized carbons (Fsp3) is 0.158. The lowest BCUT2D eigenvalue weighted by Crippen LogP contribution is -2.05. The molecule has 110 valence electrons. The average Bonchev–Trinajstić information content (AvgIpc) is 2.97. The predicted octanol–water partition coefficient (Wildman–Crippen LogP) is 4.32. The number of para-hydroxylation sites is 1. The van der Waals surface area contributed by atoms with Crippen LogP contribution >= 0.6 is 0 Å². The standard InChI is InChI=1S/C19H17NO2/c1-13-6-8-14(9-7-13)18(21)10-11-19(22)16-12-20-17-5-3-2-4-15(16)17/h2-9,12,20H,10-11H2,1H3. The SMILES string of the molecule is Cc1ccc(C(=O)CCC(=O)c2c[nH]c3ccccc23)cc1. The van der Waals surface area contributed by atoms with Gasteiger partial charge in [-0.2, -0.15) is 0 Å². The van der Waals surface area contributed by atoms with E-state index in [9.17, 15) is 9.59 Å². The lowest BCUT2D eigenvalue weighted by molar-refractivity contribution is 0.0918. The Bertz CT molecular complexity index is 828. The normalized spacial score (nSPS) is 10.8. The maximum Gasteiger partial charge on any atom is 0.165 e. The number of carbonyl (C=O) groups excluding carboxylic acids is 2. The third-order valence-corrected chi connectivity index (χ3v) is 3.84. The number of ketones is 2. The second-order valence-corrected chi connectivity index (χ2v) is 5.46. The minimum Gasteiger partial charge on any atom is -0.360 e. The largest absolute Gasteiger partial charge is 0.360 e. The number of carbonyl (C=O) groups is 2. The van der Waals surface area contributed by atoms with Crippen LogP contribution in [-0.2, 0) is 0 Å². The number of benzene rings is 2. The number of Topliss-reactive ketones (excluding diaryl/α,β-unsaturated/α-hetero) is 2. The Morgan fingerprint density at radius 2 is 1.59 bits per heavy atom. The summed E-state index contributed by atoms with van der Waals surface area (Å²) < 4.78 is 0. The van der Waals surface area contributed by atoms with Crippen LogP contribution in [-0.4, -0.2) is 16.6 Å². The molecule has 3 heteroatoms. The van der Waals surface area contributed by atoms with Gasteiger partial charge in [-0.1, -0.05) is 48.0 Å². The average molecular weight is 291 g/mol. The second-order valence-electron chi connectivity index (χ2n) is 5.46. The Labute approximate surface area is 129 Å². The van der Waals surface area contributed by atoms with Crippen molar-refractivity contribution < 1.29 is 9.59 Å². The van der Waals surface area contributed by atoms with E-state index < -0.39 is 0 Å². The fourth-order valence-corrected chi connectivity index (χ4v) is 2.55. The molecule has 2 aromatic carbocycles. The van der Waals surface area contributed by atoms with E-state index in [1.54, 1.807) is 6.20 Å². The summed E-state index contributed by atoms with van der Waals surface area (Å²) in [5.41, 5.74) is 3.38. The summed E-state index contributed by atoms with van der Waals surface area (Å²) >= 11 is 0. The number of hydrogen-bond donors (Lipinski definition) is 1. The van der Waals surface area contributed by atoms with Crippen molar-refractivity contribution in [1.29, 1.82) is 0 Å². The number of rotatable bonds is 5. The van der Waals surface area contributed by atoms with E-state index in [0.717, 1.165) is 16.5 Å². The minimum absolute atomic E-state index is 0.00193. The molecule has 1 aromatic heterocycles. The maximum absolute atomic E-state index is 12.3. The molecule has 0 atom stereocenters. The first-order chi connectivity index (χ1) is 10.6. The quantitative estimate of drug-likeness (QED) is 0.712. The molecule has 1 heterocycles. The van der Waals surface area contributed by atoms with Gasteiger partial charge in [0.2, 0.25) is 0 Å². The van der Waals surface area contributed by atoms with E-state index in [1.165, 1.54) is 0 Å². The van der Waals surface area contributed by atoms with Crippen LogP contribution in [0.15, 0.2) is 54.7 Å². The number of H-pyrrole nitrogens is 1. The van der Waals surface area contributed by atoms with Crippen molar-refractivity contribution in [2.75, 3.05) is 0 Å². The van der Waals surface area contributed by atoms with Crippen LogP contribution < -0.4 is 0 Å². The van der Waals surface area contributed by atoms with Gasteiger partial charge in [0.05, 0.1) is 0 Å². The first-order valence-electron chi connectivity index (χ1n) is 7.34. The van der Waals surface area contributed by atoms with Gasteiger partial charge in [-0.15, -0.1) is 0 Å². The summed E-state index contributed by atoms with van der Waals surface area (Å²) in [5.74, 6) is 0.00565.